The maximum absolute atomic E-state index is 12.6. The number of aromatic nitrogens is 2. The molecule has 0 bridgehead atoms. The van der Waals surface area contributed by atoms with E-state index in [0.29, 0.717) is 38.0 Å². The summed E-state index contributed by atoms with van der Waals surface area (Å²) >= 11 is 0. The van der Waals surface area contributed by atoms with Crippen LogP contribution in [0.3, 0.4) is 0 Å². The summed E-state index contributed by atoms with van der Waals surface area (Å²) in [5, 5.41) is 5.42. The lowest BCUT2D eigenvalue weighted by Crippen LogP contribution is -2.53. The maximum Gasteiger partial charge on any atom is 0.275 e. The van der Waals surface area contributed by atoms with E-state index >= 15 is 0 Å². The number of fused-ring (bicyclic) bond motifs is 1. The molecule has 2 fully saturated rings. The van der Waals surface area contributed by atoms with Crippen molar-refractivity contribution in [1.29, 1.82) is 0 Å². The topological polar surface area (TPSA) is 92.6 Å². The van der Waals surface area contributed by atoms with Crippen molar-refractivity contribution in [3.05, 3.63) is 40.8 Å². The monoisotopic (exact) mass is 390 g/mol. The van der Waals surface area contributed by atoms with Crippen molar-refractivity contribution in [2.24, 2.45) is 0 Å². The van der Waals surface area contributed by atoms with Gasteiger partial charge in [0, 0.05) is 37.6 Å². The molecule has 1 amide bonds. The predicted octanol–water partition coefficient (Wildman–Crippen LogP) is -0.272. The Labute approximate surface area is 157 Å². The smallest absolute Gasteiger partial charge is 0.275 e. The lowest BCUT2D eigenvalue weighted by molar-refractivity contribution is -0.134. The summed E-state index contributed by atoms with van der Waals surface area (Å²) in [6, 6.07) is 7.25. The number of carbonyl (C=O) groups is 1. The Morgan fingerprint density at radius 3 is 2.59 bits per heavy atom. The highest BCUT2D eigenvalue weighted by Crippen LogP contribution is 2.19. The summed E-state index contributed by atoms with van der Waals surface area (Å²) < 4.78 is 24.5. The molecule has 2 aromatic rings. The first-order valence-corrected chi connectivity index (χ1v) is 10.9. The average Bonchev–Trinajstić information content (AvgIpc) is 3.04. The highest BCUT2D eigenvalue weighted by atomic mass is 32.2. The van der Waals surface area contributed by atoms with Crippen molar-refractivity contribution in [1.82, 2.24) is 19.6 Å². The fraction of sp³-hybridized carbons (Fsp3) is 0.500. The molecule has 1 atom stereocenters. The number of hydrogen-bond acceptors (Lipinski definition) is 6. The van der Waals surface area contributed by atoms with E-state index in [1.165, 1.54) is 4.68 Å². The summed E-state index contributed by atoms with van der Waals surface area (Å²) in [5.41, 5.74) is -0.267. The Balaban J connectivity index is 1.39. The Kier molecular flexibility index (Phi) is 4.73. The van der Waals surface area contributed by atoms with E-state index in [1.54, 1.807) is 23.2 Å². The molecule has 2 saturated heterocycles. The molecule has 9 heteroatoms. The Morgan fingerprint density at radius 1 is 1.15 bits per heavy atom. The van der Waals surface area contributed by atoms with Crippen LogP contribution in [0.15, 0.2) is 35.3 Å². The van der Waals surface area contributed by atoms with Crippen LogP contribution in [-0.2, 0) is 21.2 Å². The van der Waals surface area contributed by atoms with Crippen LogP contribution in [0.25, 0.3) is 10.8 Å². The Morgan fingerprint density at radius 2 is 1.89 bits per heavy atom. The van der Waals surface area contributed by atoms with Crippen LogP contribution in [0.5, 0.6) is 0 Å². The van der Waals surface area contributed by atoms with E-state index in [4.69, 9.17) is 0 Å². The zero-order valence-electron chi connectivity index (χ0n) is 15.0. The van der Waals surface area contributed by atoms with Crippen LogP contribution in [-0.4, -0.2) is 77.6 Å². The van der Waals surface area contributed by atoms with Crippen LogP contribution in [0.2, 0.25) is 0 Å². The maximum atomic E-state index is 12.6. The zero-order chi connectivity index (χ0) is 19.0. The van der Waals surface area contributed by atoms with Gasteiger partial charge in [0.15, 0.2) is 9.84 Å². The fourth-order valence-electron chi connectivity index (χ4n) is 3.87. The molecule has 0 aliphatic carbocycles. The molecule has 2 aliphatic heterocycles. The Hall–Kier alpha value is -2.26. The van der Waals surface area contributed by atoms with Gasteiger partial charge in [-0.15, -0.1) is 0 Å². The SMILES string of the molecule is O=C(Cn1ncc2ccccc2c1=O)N1CCN([C@@H]2CCS(=O)(=O)C2)CC1. The van der Waals surface area contributed by atoms with Crippen molar-refractivity contribution in [2.75, 3.05) is 37.7 Å². The first-order chi connectivity index (χ1) is 12.9. The third kappa shape index (κ3) is 3.74. The highest BCUT2D eigenvalue weighted by molar-refractivity contribution is 7.91. The third-order valence-corrected chi connectivity index (χ3v) is 7.19. The molecule has 0 saturated carbocycles. The third-order valence-electron chi connectivity index (χ3n) is 5.44. The summed E-state index contributed by atoms with van der Waals surface area (Å²) in [7, 11) is -2.91. The molecule has 0 unspecified atom stereocenters. The van der Waals surface area contributed by atoms with Gasteiger partial charge in [-0.25, -0.2) is 13.1 Å². The number of amides is 1. The van der Waals surface area contributed by atoms with Crippen molar-refractivity contribution in [3.63, 3.8) is 0 Å². The van der Waals surface area contributed by atoms with Crippen molar-refractivity contribution >= 4 is 26.5 Å². The van der Waals surface area contributed by atoms with Crippen molar-refractivity contribution in [3.8, 4) is 0 Å². The number of nitrogens with zero attached hydrogens (tertiary/aromatic N) is 4. The quantitative estimate of drug-likeness (QED) is 0.716. The largest absolute Gasteiger partial charge is 0.339 e. The summed E-state index contributed by atoms with van der Waals surface area (Å²) in [6.45, 7) is 2.31. The lowest BCUT2D eigenvalue weighted by atomic mass is 10.2. The second-order valence-corrected chi connectivity index (χ2v) is 9.40. The number of hydrogen-bond donors (Lipinski definition) is 0. The molecule has 3 heterocycles. The van der Waals surface area contributed by atoms with Crippen LogP contribution >= 0.6 is 0 Å². The summed E-state index contributed by atoms with van der Waals surface area (Å²) in [5.74, 6) is 0.337. The minimum atomic E-state index is -2.91. The first-order valence-electron chi connectivity index (χ1n) is 9.10. The predicted molar refractivity (Wildman–Crippen MR) is 101 cm³/mol. The molecule has 144 valence electrons. The van der Waals surface area contributed by atoms with E-state index in [-0.39, 0.29) is 35.6 Å². The van der Waals surface area contributed by atoms with Gasteiger partial charge in [-0.2, -0.15) is 5.10 Å². The van der Waals surface area contributed by atoms with E-state index in [2.05, 4.69) is 10.00 Å². The van der Waals surface area contributed by atoms with Crippen LogP contribution in [0, 0.1) is 0 Å². The lowest BCUT2D eigenvalue weighted by Gasteiger charge is -2.37. The molecule has 0 radical (unpaired) electrons. The minimum Gasteiger partial charge on any atom is -0.339 e. The van der Waals surface area contributed by atoms with Gasteiger partial charge in [0.25, 0.3) is 5.56 Å². The van der Waals surface area contributed by atoms with Crippen LogP contribution in [0.1, 0.15) is 6.42 Å². The van der Waals surface area contributed by atoms with Crippen LogP contribution in [0.4, 0.5) is 0 Å². The van der Waals surface area contributed by atoms with Gasteiger partial charge in [-0.1, -0.05) is 18.2 Å². The number of piperazine rings is 1. The molecule has 4 rings (SSSR count). The molecule has 2 aliphatic rings. The number of rotatable bonds is 3. The van der Waals surface area contributed by atoms with Gasteiger partial charge in [0.05, 0.1) is 23.1 Å². The van der Waals surface area contributed by atoms with Gasteiger partial charge in [0.2, 0.25) is 5.91 Å². The van der Waals surface area contributed by atoms with E-state index in [0.717, 1.165) is 5.39 Å². The van der Waals surface area contributed by atoms with Gasteiger partial charge >= 0.3 is 0 Å². The normalized spacial score (nSPS) is 23.0. The molecular weight excluding hydrogens is 368 g/mol. The van der Waals surface area contributed by atoms with Gasteiger partial charge in [-0.3, -0.25) is 14.5 Å². The van der Waals surface area contributed by atoms with Gasteiger partial charge in [0.1, 0.15) is 6.54 Å². The molecule has 8 nitrogen and oxygen atoms in total. The summed E-state index contributed by atoms with van der Waals surface area (Å²) in [6.07, 6.45) is 2.27. The minimum absolute atomic E-state index is 0.0667. The zero-order valence-corrected chi connectivity index (χ0v) is 15.8. The number of benzene rings is 1. The van der Waals surface area contributed by atoms with Gasteiger partial charge < -0.3 is 4.90 Å². The van der Waals surface area contributed by atoms with Crippen LogP contribution < -0.4 is 5.56 Å². The van der Waals surface area contributed by atoms with Crippen molar-refractivity contribution < 1.29 is 13.2 Å². The first kappa shape index (κ1) is 18.1. The fourth-order valence-corrected chi connectivity index (χ4v) is 5.63. The van der Waals surface area contributed by atoms with E-state index in [9.17, 15) is 18.0 Å². The molecule has 1 aromatic carbocycles. The van der Waals surface area contributed by atoms with E-state index < -0.39 is 9.84 Å². The second-order valence-electron chi connectivity index (χ2n) is 7.17. The number of carbonyl (C=O) groups excluding carboxylic acids is 1. The number of sulfone groups is 1. The van der Waals surface area contributed by atoms with Crippen molar-refractivity contribution in [2.45, 2.75) is 19.0 Å². The van der Waals surface area contributed by atoms with E-state index in [1.807, 2.05) is 12.1 Å². The Bertz CT molecular complexity index is 1030. The second kappa shape index (κ2) is 7.05. The molecular formula is C18H22N4O4S. The average molecular weight is 390 g/mol. The molecule has 1 aromatic heterocycles. The molecule has 0 N–H and O–H groups in total. The molecule has 0 spiro atoms. The molecule has 27 heavy (non-hydrogen) atoms. The standard InChI is InChI=1S/C18H22N4O4S/c23-17(12-22-18(24)16-4-2-1-3-14(16)11-19-22)21-8-6-20(7-9-21)15-5-10-27(25,26)13-15/h1-4,11,15H,5-10,12-13H2/t15-/m1/s1. The highest BCUT2D eigenvalue weighted by Gasteiger charge is 2.34. The summed E-state index contributed by atoms with van der Waals surface area (Å²) in [4.78, 5) is 29.0. The van der Waals surface area contributed by atoms with Gasteiger partial charge in [-0.05, 0) is 12.5 Å².